The summed E-state index contributed by atoms with van der Waals surface area (Å²) in [4.78, 5) is 11.6. The molecule has 2 aromatic rings. The lowest BCUT2D eigenvalue weighted by atomic mass is 10.2. The molecule has 2 rings (SSSR count). The molecule has 2 aromatic heterocycles. The van der Waals surface area contributed by atoms with Crippen LogP contribution in [0.3, 0.4) is 0 Å². The van der Waals surface area contributed by atoms with Crippen LogP contribution in [0.1, 0.15) is 34.5 Å². The minimum absolute atomic E-state index is 0.688. The second-order valence-corrected chi connectivity index (χ2v) is 6.09. The van der Waals surface area contributed by atoms with Gasteiger partial charge in [-0.2, -0.15) is 0 Å². The Kier molecular flexibility index (Phi) is 4.92. The van der Waals surface area contributed by atoms with E-state index in [1.54, 1.807) is 11.3 Å². The molecule has 0 saturated heterocycles. The third-order valence-electron chi connectivity index (χ3n) is 3.03. The van der Waals surface area contributed by atoms with Gasteiger partial charge in [0, 0.05) is 21.7 Å². The molecule has 6 heteroatoms. The fraction of sp³-hybridized carbons (Fsp3) is 0.429. The highest BCUT2D eigenvalue weighted by Gasteiger charge is 2.10. The van der Waals surface area contributed by atoms with Crippen molar-refractivity contribution in [2.45, 2.75) is 40.2 Å². The SMILES string of the molecule is CCCc1nc(NN)c(C)c(NCc2ccc(C)s2)n1. The number of rotatable bonds is 6. The van der Waals surface area contributed by atoms with Gasteiger partial charge in [-0.25, -0.2) is 15.8 Å². The Bertz CT molecular complexity index is 579. The number of aryl methyl sites for hydroxylation is 2. The van der Waals surface area contributed by atoms with Crippen molar-refractivity contribution >= 4 is 23.0 Å². The topological polar surface area (TPSA) is 75.9 Å². The van der Waals surface area contributed by atoms with E-state index in [0.717, 1.165) is 36.6 Å². The standard InChI is InChI=1S/C14H21N5S/c1-4-5-12-17-13(10(3)14(18-12)19-15)16-8-11-7-6-9(2)20-11/h6-7H,4-5,8,15H2,1-3H3,(H2,16,17,18,19). The van der Waals surface area contributed by atoms with Crippen LogP contribution in [0.2, 0.25) is 0 Å². The first-order chi connectivity index (χ1) is 9.63. The highest BCUT2D eigenvalue weighted by Crippen LogP contribution is 2.22. The molecule has 4 N–H and O–H groups in total. The minimum Gasteiger partial charge on any atom is -0.365 e. The van der Waals surface area contributed by atoms with Gasteiger partial charge in [0.15, 0.2) is 0 Å². The third kappa shape index (κ3) is 3.46. The first-order valence-corrected chi connectivity index (χ1v) is 7.59. The molecule has 0 saturated carbocycles. The Hall–Kier alpha value is -1.66. The molecule has 20 heavy (non-hydrogen) atoms. The van der Waals surface area contributed by atoms with Crippen LogP contribution in [-0.2, 0) is 13.0 Å². The molecule has 0 unspecified atom stereocenters. The number of hydrogen-bond donors (Lipinski definition) is 3. The average molecular weight is 291 g/mol. The summed E-state index contributed by atoms with van der Waals surface area (Å²) < 4.78 is 0. The van der Waals surface area contributed by atoms with Gasteiger partial charge >= 0.3 is 0 Å². The van der Waals surface area contributed by atoms with Crippen LogP contribution in [0.5, 0.6) is 0 Å². The first kappa shape index (κ1) is 14.7. The van der Waals surface area contributed by atoms with Gasteiger partial charge in [0.2, 0.25) is 0 Å². The maximum Gasteiger partial charge on any atom is 0.148 e. The number of nitrogen functional groups attached to an aromatic ring is 1. The van der Waals surface area contributed by atoms with Crippen molar-refractivity contribution in [1.29, 1.82) is 0 Å². The Morgan fingerprint density at radius 1 is 1.20 bits per heavy atom. The molecule has 0 aliphatic rings. The van der Waals surface area contributed by atoms with Gasteiger partial charge in [-0.3, -0.25) is 0 Å². The molecule has 0 fully saturated rings. The van der Waals surface area contributed by atoms with Gasteiger partial charge < -0.3 is 10.7 Å². The normalized spacial score (nSPS) is 10.6. The lowest BCUT2D eigenvalue weighted by Crippen LogP contribution is -2.14. The van der Waals surface area contributed by atoms with Crippen molar-refractivity contribution in [3.05, 3.63) is 33.3 Å². The monoisotopic (exact) mass is 291 g/mol. The van der Waals surface area contributed by atoms with E-state index in [1.165, 1.54) is 9.75 Å². The van der Waals surface area contributed by atoms with E-state index in [2.05, 4.69) is 46.7 Å². The summed E-state index contributed by atoms with van der Waals surface area (Å²) in [5.41, 5.74) is 3.59. The Balaban J connectivity index is 2.18. The van der Waals surface area contributed by atoms with E-state index in [9.17, 15) is 0 Å². The summed E-state index contributed by atoms with van der Waals surface area (Å²) in [7, 11) is 0. The van der Waals surface area contributed by atoms with Crippen LogP contribution in [0.15, 0.2) is 12.1 Å². The molecular formula is C14H21N5S. The second kappa shape index (κ2) is 6.67. The molecule has 5 nitrogen and oxygen atoms in total. The fourth-order valence-electron chi connectivity index (χ4n) is 1.96. The predicted octanol–water partition coefficient (Wildman–Crippen LogP) is 3.01. The van der Waals surface area contributed by atoms with E-state index < -0.39 is 0 Å². The van der Waals surface area contributed by atoms with Crippen molar-refractivity contribution in [3.63, 3.8) is 0 Å². The lowest BCUT2D eigenvalue weighted by Gasteiger charge is -2.13. The number of hydrogen-bond acceptors (Lipinski definition) is 6. The molecule has 0 aromatic carbocycles. The van der Waals surface area contributed by atoms with Crippen molar-refractivity contribution < 1.29 is 0 Å². The average Bonchev–Trinajstić information content (AvgIpc) is 2.85. The van der Waals surface area contributed by atoms with Crippen molar-refractivity contribution in [1.82, 2.24) is 9.97 Å². The number of thiophene rings is 1. The van der Waals surface area contributed by atoms with Crippen LogP contribution in [0, 0.1) is 13.8 Å². The molecule has 0 aliphatic carbocycles. The van der Waals surface area contributed by atoms with Gasteiger partial charge in [-0.05, 0) is 32.4 Å². The first-order valence-electron chi connectivity index (χ1n) is 6.77. The van der Waals surface area contributed by atoms with Gasteiger partial charge in [-0.1, -0.05) is 6.92 Å². The summed E-state index contributed by atoms with van der Waals surface area (Å²) >= 11 is 1.79. The second-order valence-electron chi connectivity index (χ2n) is 4.72. The largest absolute Gasteiger partial charge is 0.365 e. The highest BCUT2D eigenvalue weighted by molar-refractivity contribution is 7.11. The number of aromatic nitrogens is 2. The van der Waals surface area contributed by atoms with Crippen molar-refractivity contribution in [2.75, 3.05) is 10.7 Å². The molecule has 0 aliphatic heterocycles. The van der Waals surface area contributed by atoms with Crippen LogP contribution < -0.4 is 16.6 Å². The summed E-state index contributed by atoms with van der Waals surface area (Å²) in [5.74, 6) is 7.88. The minimum atomic E-state index is 0.688. The van der Waals surface area contributed by atoms with Gasteiger partial charge in [-0.15, -0.1) is 11.3 Å². The van der Waals surface area contributed by atoms with Gasteiger partial charge in [0.1, 0.15) is 17.5 Å². The van der Waals surface area contributed by atoms with Gasteiger partial charge in [0.05, 0.1) is 6.54 Å². The zero-order chi connectivity index (χ0) is 14.5. The predicted molar refractivity (Wildman–Crippen MR) is 85.0 cm³/mol. The maximum absolute atomic E-state index is 5.53. The summed E-state index contributed by atoms with van der Waals surface area (Å²) in [5, 5.41) is 3.38. The zero-order valence-corrected chi connectivity index (χ0v) is 13.0. The van der Waals surface area contributed by atoms with E-state index in [1.807, 2.05) is 6.92 Å². The molecule has 108 valence electrons. The van der Waals surface area contributed by atoms with E-state index >= 15 is 0 Å². The number of nitrogens with zero attached hydrogens (tertiary/aromatic N) is 2. The van der Waals surface area contributed by atoms with E-state index in [-0.39, 0.29) is 0 Å². The fourth-order valence-corrected chi connectivity index (χ4v) is 2.79. The van der Waals surface area contributed by atoms with Crippen LogP contribution >= 0.6 is 11.3 Å². The van der Waals surface area contributed by atoms with Crippen LogP contribution in [0.4, 0.5) is 11.6 Å². The molecule has 0 amide bonds. The molecule has 0 spiro atoms. The number of nitrogens with one attached hydrogen (secondary N) is 2. The summed E-state index contributed by atoms with van der Waals surface area (Å²) in [6, 6.07) is 4.27. The molecule has 0 atom stereocenters. The Labute approximate surface area is 123 Å². The van der Waals surface area contributed by atoms with E-state index in [0.29, 0.717) is 5.82 Å². The van der Waals surface area contributed by atoms with Crippen molar-refractivity contribution in [3.8, 4) is 0 Å². The summed E-state index contributed by atoms with van der Waals surface area (Å²) in [6.07, 6.45) is 1.86. The third-order valence-corrected chi connectivity index (χ3v) is 4.03. The van der Waals surface area contributed by atoms with Crippen LogP contribution in [0.25, 0.3) is 0 Å². The van der Waals surface area contributed by atoms with E-state index in [4.69, 9.17) is 5.84 Å². The molecule has 0 radical (unpaired) electrons. The molecular weight excluding hydrogens is 270 g/mol. The number of anilines is 2. The van der Waals surface area contributed by atoms with Gasteiger partial charge in [0.25, 0.3) is 0 Å². The molecule has 0 bridgehead atoms. The zero-order valence-electron chi connectivity index (χ0n) is 12.2. The number of nitrogens with two attached hydrogens (primary N) is 1. The molecule has 2 heterocycles. The maximum atomic E-state index is 5.53. The highest BCUT2D eigenvalue weighted by atomic mass is 32.1. The van der Waals surface area contributed by atoms with Crippen molar-refractivity contribution in [2.24, 2.45) is 5.84 Å². The number of hydrazine groups is 1. The van der Waals surface area contributed by atoms with Crippen LogP contribution in [-0.4, -0.2) is 9.97 Å². The Morgan fingerprint density at radius 2 is 1.95 bits per heavy atom. The lowest BCUT2D eigenvalue weighted by molar-refractivity contribution is 0.830. The Morgan fingerprint density at radius 3 is 2.55 bits per heavy atom. The smallest absolute Gasteiger partial charge is 0.148 e. The summed E-state index contributed by atoms with van der Waals surface area (Å²) in [6.45, 7) is 6.96. The quantitative estimate of drug-likeness (QED) is 0.563.